The Bertz CT molecular complexity index is 263. The summed E-state index contributed by atoms with van der Waals surface area (Å²) in [5.41, 5.74) is 0.632. The van der Waals surface area contributed by atoms with E-state index >= 15 is 0 Å². The molecule has 2 rings (SSSR count). The van der Waals surface area contributed by atoms with Gasteiger partial charge in [-0.05, 0) is 38.0 Å². The second kappa shape index (κ2) is 4.55. The highest BCUT2D eigenvalue weighted by Crippen LogP contribution is 2.40. The fourth-order valence-electron chi connectivity index (χ4n) is 3.23. The normalized spacial score (nSPS) is 33.2. The number of hydrogen-bond acceptors (Lipinski definition) is 2. The fourth-order valence-corrected chi connectivity index (χ4v) is 3.23. The van der Waals surface area contributed by atoms with Gasteiger partial charge in [-0.15, -0.1) is 0 Å². The quantitative estimate of drug-likeness (QED) is 0.796. The summed E-state index contributed by atoms with van der Waals surface area (Å²) in [5.74, 6) is 0. The predicted molar refractivity (Wildman–Crippen MR) is 72.2 cm³/mol. The van der Waals surface area contributed by atoms with Crippen LogP contribution in [0.1, 0.15) is 66.2 Å². The molecule has 17 heavy (non-hydrogen) atoms. The molecule has 2 heteroatoms. The van der Waals surface area contributed by atoms with E-state index in [4.69, 9.17) is 4.74 Å². The number of hydrogen-bond donors (Lipinski definition) is 1. The molecular weight excluding hydrogens is 210 g/mol. The lowest BCUT2D eigenvalue weighted by Gasteiger charge is -2.46. The minimum atomic E-state index is 0.0515. The number of nitrogens with one attached hydrogen (secondary N) is 1. The molecule has 0 aromatic rings. The van der Waals surface area contributed by atoms with Crippen molar-refractivity contribution in [3.63, 3.8) is 0 Å². The molecule has 1 aliphatic heterocycles. The molecule has 2 aliphatic rings. The van der Waals surface area contributed by atoms with Gasteiger partial charge in [-0.3, -0.25) is 0 Å². The second-order valence-corrected chi connectivity index (χ2v) is 7.61. The first-order valence-corrected chi connectivity index (χ1v) is 7.24. The Morgan fingerprint density at radius 2 is 1.76 bits per heavy atom. The van der Waals surface area contributed by atoms with Gasteiger partial charge in [-0.25, -0.2) is 0 Å². The third kappa shape index (κ3) is 3.45. The van der Waals surface area contributed by atoms with Crippen LogP contribution >= 0.6 is 0 Å². The fraction of sp³-hybridized carbons (Fsp3) is 1.00. The first-order valence-electron chi connectivity index (χ1n) is 7.24. The van der Waals surface area contributed by atoms with E-state index in [0.29, 0.717) is 5.41 Å². The molecule has 1 saturated heterocycles. The van der Waals surface area contributed by atoms with E-state index in [9.17, 15) is 0 Å². The second-order valence-electron chi connectivity index (χ2n) is 7.61. The third-order valence-electron chi connectivity index (χ3n) is 4.33. The van der Waals surface area contributed by atoms with Crippen LogP contribution in [-0.4, -0.2) is 24.3 Å². The number of ether oxygens (including phenoxy) is 1. The molecule has 1 atom stereocenters. The van der Waals surface area contributed by atoms with Crippen molar-refractivity contribution in [3.8, 4) is 0 Å². The highest BCUT2D eigenvalue weighted by molar-refractivity contribution is 4.97. The summed E-state index contributed by atoms with van der Waals surface area (Å²) in [5, 5.41) is 3.62. The van der Waals surface area contributed by atoms with Crippen LogP contribution in [0.4, 0.5) is 0 Å². The largest absolute Gasteiger partial charge is 0.366 e. The van der Waals surface area contributed by atoms with Gasteiger partial charge in [0.2, 0.25) is 0 Å². The Labute approximate surface area is 107 Å². The van der Waals surface area contributed by atoms with Crippen molar-refractivity contribution < 1.29 is 4.74 Å². The van der Waals surface area contributed by atoms with Gasteiger partial charge < -0.3 is 10.1 Å². The van der Waals surface area contributed by atoms with Gasteiger partial charge in [0.25, 0.3) is 0 Å². The minimum Gasteiger partial charge on any atom is -0.366 e. The Balaban J connectivity index is 1.95. The Morgan fingerprint density at radius 3 is 2.35 bits per heavy atom. The van der Waals surface area contributed by atoms with Gasteiger partial charge in [-0.1, -0.05) is 33.6 Å². The van der Waals surface area contributed by atoms with E-state index in [2.05, 4.69) is 33.0 Å². The van der Waals surface area contributed by atoms with Crippen molar-refractivity contribution in [2.45, 2.75) is 77.4 Å². The zero-order valence-corrected chi connectivity index (χ0v) is 12.1. The monoisotopic (exact) mass is 239 g/mol. The molecular formula is C15H29NO. The van der Waals surface area contributed by atoms with Crippen LogP contribution in [0.3, 0.4) is 0 Å². The predicted octanol–water partition coefficient (Wildman–Crippen LogP) is 3.50. The first kappa shape index (κ1) is 13.4. The summed E-state index contributed by atoms with van der Waals surface area (Å²) in [4.78, 5) is 0. The molecule has 2 nitrogen and oxygen atoms in total. The van der Waals surface area contributed by atoms with Gasteiger partial charge >= 0.3 is 0 Å². The van der Waals surface area contributed by atoms with Crippen molar-refractivity contribution in [2.75, 3.05) is 13.1 Å². The standard InChI is InChI=1S/C15H29NO/c1-13(2,3)9-10-14(4)11-16-12-15(17-14)7-5-6-8-15/h16H,5-12H2,1-4H3. The topological polar surface area (TPSA) is 21.3 Å². The molecule has 2 fully saturated rings. The third-order valence-corrected chi connectivity index (χ3v) is 4.33. The first-order chi connectivity index (χ1) is 7.83. The lowest BCUT2D eigenvalue weighted by atomic mass is 9.83. The molecule has 1 saturated carbocycles. The summed E-state index contributed by atoms with van der Waals surface area (Å²) in [6, 6.07) is 0. The van der Waals surface area contributed by atoms with Gasteiger partial charge in [0.1, 0.15) is 0 Å². The highest BCUT2D eigenvalue weighted by Gasteiger charge is 2.44. The molecule has 0 aromatic heterocycles. The van der Waals surface area contributed by atoms with E-state index in [-0.39, 0.29) is 11.2 Å². The summed E-state index contributed by atoms with van der Waals surface area (Å²) in [6.45, 7) is 11.3. The van der Waals surface area contributed by atoms with Crippen molar-refractivity contribution >= 4 is 0 Å². The van der Waals surface area contributed by atoms with Crippen LogP contribution in [0.5, 0.6) is 0 Å². The molecule has 100 valence electrons. The molecule has 1 spiro atoms. The zero-order valence-electron chi connectivity index (χ0n) is 12.1. The molecule has 1 N–H and O–H groups in total. The minimum absolute atomic E-state index is 0.0515. The van der Waals surface area contributed by atoms with Gasteiger partial charge in [-0.2, -0.15) is 0 Å². The molecule has 0 radical (unpaired) electrons. The average molecular weight is 239 g/mol. The summed E-state index contributed by atoms with van der Waals surface area (Å²) < 4.78 is 6.56. The van der Waals surface area contributed by atoms with Crippen LogP contribution in [-0.2, 0) is 4.74 Å². The molecule has 1 aliphatic carbocycles. The average Bonchev–Trinajstić information content (AvgIpc) is 2.62. The van der Waals surface area contributed by atoms with E-state index in [1.807, 2.05) is 0 Å². The molecule has 1 unspecified atom stereocenters. The van der Waals surface area contributed by atoms with Gasteiger partial charge in [0, 0.05) is 13.1 Å². The SMILES string of the molecule is CC(C)(C)CCC1(C)CNCC2(CCCC2)O1. The van der Waals surface area contributed by atoms with E-state index in [1.54, 1.807) is 0 Å². The van der Waals surface area contributed by atoms with E-state index in [0.717, 1.165) is 13.1 Å². The van der Waals surface area contributed by atoms with Crippen LogP contribution in [0.25, 0.3) is 0 Å². The van der Waals surface area contributed by atoms with Crippen molar-refractivity contribution in [1.29, 1.82) is 0 Å². The summed E-state index contributed by atoms with van der Waals surface area (Å²) in [7, 11) is 0. The van der Waals surface area contributed by atoms with Crippen LogP contribution in [0, 0.1) is 5.41 Å². The lowest BCUT2D eigenvalue weighted by molar-refractivity contribution is -0.172. The van der Waals surface area contributed by atoms with Crippen LogP contribution < -0.4 is 5.32 Å². The van der Waals surface area contributed by atoms with Crippen molar-refractivity contribution in [3.05, 3.63) is 0 Å². The number of rotatable bonds is 2. The van der Waals surface area contributed by atoms with E-state index < -0.39 is 0 Å². The zero-order chi connectivity index (χ0) is 12.6. The smallest absolute Gasteiger partial charge is 0.0814 e. The van der Waals surface area contributed by atoms with Crippen LogP contribution in [0.2, 0.25) is 0 Å². The number of morpholine rings is 1. The molecule has 0 bridgehead atoms. The summed E-state index contributed by atoms with van der Waals surface area (Å²) in [6.07, 6.45) is 7.61. The van der Waals surface area contributed by atoms with E-state index in [1.165, 1.54) is 38.5 Å². The Hall–Kier alpha value is -0.0800. The van der Waals surface area contributed by atoms with Crippen LogP contribution in [0.15, 0.2) is 0 Å². The van der Waals surface area contributed by atoms with Crippen molar-refractivity contribution in [1.82, 2.24) is 5.32 Å². The van der Waals surface area contributed by atoms with Gasteiger partial charge in [0.05, 0.1) is 11.2 Å². The maximum absolute atomic E-state index is 6.56. The molecule has 0 aromatic carbocycles. The van der Waals surface area contributed by atoms with Crippen molar-refractivity contribution in [2.24, 2.45) is 5.41 Å². The molecule has 1 heterocycles. The molecule has 0 amide bonds. The highest BCUT2D eigenvalue weighted by atomic mass is 16.5. The van der Waals surface area contributed by atoms with Gasteiger partial charge in [0.15, 0.2) is 0 Å². The Kier molecular flexibility index (Phi) is 3.57. The maximum Gasteiger partial charge on any atom is 0.0814 e. The summed E-state index contributed by atoms with van der Waals surface area (Å²) >= 11 is 0. The Morgan fingerprint density at radius 1 is 1.12 bits per heavy atom. The lowest BCUT2D eigenvalue weighted by Crippen LogP contribution is -2.58. The maximum atomic E-state index is 6.56.